The number of carbonyl (C=O) groups is 1. The number of nitrogens with zero attached hydrogens (tertiary/aromatic N) is 1. The van der Waals surface area contributed by atoms with Gasteiger partial charge in [0, 0.05) is 24.0 Å². The van der Waals surface area contributed by atoms with Crippen LogP contribution in [0.3, 0.4) is 0 Å². The van der Waals surface area contributed by atoms with Crippen molar-refractivity contribution in [1.82, 2.24) is 4.90 Å². The van der Waals surface area contributed by atoms with Gasteiger partial charge in [-0.2, -0.15) is 0 Å². The summed E-state index contributed by atoms with van der Waals surface area (Å²) in [5, 5.41) is 5.60. The fraction of sp³-hybridized carbons (Fsp3) is 0.235. The molecule has 0 aliphatic heterocycles. The van der Waals surface area contributed by atoms with Crippen LogP contribution < -0.4 is 15.4 Å². The number of amides is 2. The number of hydrogen-bond donors (Lipinski definition) is 2. The molecule has 0 heterocycles. The number of halogens is 1. The molecule has 0 aliphatic rings. The van der Waals surface area contributed by atoms with Crippen LogP contribution in [0.1, 0.15) is 0 Å². The molecule has 0 fully saturated rings. The van der Waals surface area contributed by atoms with E-state index in [1.165, 1.54) is 0 Å². The van der Waals surface area contributed by atoms with Gasteiger partial charge >= 0.3 is 6.03 Å². The van der Waals surface area contributed by atoms with Crippen molar-refractivity contribution in [2.45, 2.75) is 0 Å². The number of hydrogen-bond acceptors (Lipinski definition) is 3. The summed E-state index contributed by atoms with van der Waals surface area (Å²) in [5.74, 6) is 0.768. The molecule has 2 rings (SSSR count). The van der Waals surface area contributed by atoms with Crippen LogP contribution in [0.2, 0.25) is 0 Å². The van der Waals surface area contributed by atoms with Crippen molar-refractivity contribution < 1.29 is 9.53 Å². The Bertz CT molecular complexity index is 648. The molecule has 2 aromatic rings. The van der Waals surface area contributed by atoms with E-state index in [-0.39, 0.29) is 6.03 Å². The Balaban J connectivity index is 1.95. The van der Waals surface area contributed by atoms with Gasteiger partial charge in [0.15, 0.2) is 0 Å². The Morgan fingerprint density at radius 2 is 1.78 bits per heavy atom. The Labute approximate surface area is 150 Å². The molecule has 2 aromatic carbocycles. The molecule has 2 amide bonds. The summed E-state index contributed by atoms with van der Waals surface area (Å²) in [7, 11) is 4.00. The molecule has 0 aliphatic carbocycles. The van der Waals surface area contributed by atoms with Crippen LogP contribution >= 0.6 is 22.6 Å². The monoisotopic (exact) mass is 425 g/mol. The minimum absolute atomic E-state index is 0.281. The first-order valence-electron chi connectivity index (χ1n) is 7.25. The second-order valence-corrected chi connectivity index (χ2v) is 6.40. The Morgan fingerprint density at radius 1 is 1.09 bits per heavy atom. The minimum Gasteiger partial charge on any atom is -0.491 e. The fourth-order valence-electron chi connectivity index (χ4n) is 1.84. The van der Waals surface area contributed by atoms with E-state index in [0.717, 1.165) is 21.6 Å². The highest BCUT2D eigenvalue weighted by molar-refractivity contribution is 14.1. The van der Waals surface area contributed by atoms with Crippen molar-refractivity contribution in [2.75, 3.05) is 37.9 Å². The summed E-state index contributed by atoms with van der Waals surface area (Å²) in [4.78, 5) is 14.1. The lowest BCUT2D eigenvalue weighted by atomic mass is 10.3. The zero-order valence-corrected chi connectivity index (χ0v) is 15.3. The van der Waals surface area contributed by atoms with E-state index >= 15 is 0 Å². The summed E-state index contributed by atoms with van der Waals surface area (Å²) < 4.78 is 6.78. The number of para-hydroxylation sites is 1. The number of rotatable bonds is 6. The van der Waals surface area contributed by atoms with Crippen LogP contribution in [0.4, 0.5) is 16.2 Å². The van der Waals surface area contributed by atoms with E-state index in [1.54, 1.807) is 0 Å². The second-order valence-electron chi connectivity index (χ2n) is 5.24. The van der Waals surface area contributed by atoms with E-state index in [1.807, 2.05) is 62.6 Å². The van der Waals surface area contributed by atoms with Crippen molar-refractivity contribution in [2.24, 2.45) is 0 Å². The van der Waals surface area contributed by atoms with E-state index in [4.69, 9.17) is 4.74 Å². The predicted molar refractivity (Wildman–Crippen MR) is 102 cm³/mol. The van der Waals surface area contributed by atoms with E-state index in [9.17, 15) is 4.79 Å². The average molecular weight is 425 g/mol. The average Bonchev–Trinajstić information content (AvgIpc) is 2.51. The first-order valence-corrected chi connectivity index (χ1v) is 8.32. The van der Waals surface area contributed by atoms with Crippen LogP contribution in [0.25, 0.3) is 0 Å². The van der Waals surface area contributed by atoms with Gasteiger partial charge in [-0.05, 0) is 61.0 Å². The lowest BCUT2D eigenvalue weighted by Crippen LogP contribution is -2.20. The van der Waals surface area contributed by atoms with Crippen LogP contribution in [-0.4, -0.2) is 38.2 Å². The number of carbonyl (C=O) groups excluding carboxylic acids is 1. The fourth-order valence-corrected chi connectivity index (χ4v) is 2.34. The minimum atomic E-state index is -0.281. The highest BCUT2D eigenvalue weighted by Crippen LogP contribution is 2.25. The third-order valence-electron chi connectivity index (χ3n) is 3.02. The summed E-state index contributed by atoms with van der Waals surface area (Å²) in [6.07, 6.45) is 0. The summed E-state index contributed by atoms with van der Waals surface area (Å²) in [6, 6.07) is 14.6. The molecule has 6 heteroatoms. The van der Waals surface area contributed by atoms with Crippen LogP contribution in [0, 0.1) is 3.57 Å². The summed E-state index contributed by atoms with van der Waals surface area (Å²) >= 11 is 2.22. The van der Waals surface area contributed by atoms with Crippen LogP contribution in [0.15, 0.2) is 48.5 Å². The lowest BCUT2D eigenvalue weighted by Gasteiger charge is -2.14. The van der Waals surface area contributed by atoms with Gasteiger partial charge in [-0.1, -0.05) is 18.2 Å². The van der Waals surface area contributed by atoms with Gasteiger partial charge in [-0.15, -0.1) is 0 Å². The maximum absolute atomic E-state index is 12.0. The van der Waals surface area contributed by atoms with Gasteiger partial charge in [-0.3, -0.25) is 0 Å². The van der Waals surface area contributed by atoms with Crippen LogP contribution in [-0.2, 0) is 0 Å². The maximum atomic E-state index is 12.0. The molecule has 0 unspecified atom stereocenters. The van der Waals surface area contributed by atoms with Gasteiger partial charge in [0.2, 0.25) is 0 Å². The molecule has 5 nitrogen and oxygen atoms in total. The molecule has 0 spiro atoms. The third-order valence-corrected chi connectivity index (χ3v) is 3.91. The lowest BCUT2D eigenvalue weighted by molar-refractivity contribution is 0.260. The summed E-state index contributed by atoms with van der Waals surface area (Å²) in [6.45, 7) is 1.44. The Hall–Kier alpha value is -1.80. The molecule has 0 saturated carbocycles. The summed E-state index contributed by atoms with van der Waals surface area (Å²) in [5.41, 5.74) is 1.44. The maximum Gasteiger partial charge on any atom is 0.323 e. The molecular weight excluding hydrogens is 405 g/mol. The molecule has 23 heavy (non-hydrogen) atoms. The second kappa shape index (κ2) is 8.73. The van der Waals surface area contributed by atoms with Crippen molar-refractivity contribution in [1.29, 1.82) is 0 Å². The molecule has 0 bridgehead atoms. The van der Waals surface area contributed by atoms with Gasteiger partial charge in [-0.25, -0.2) is 4.79 Å². The molecule has 0 aromatic heterocycles. The third kappa shape index (κ3) is 6.07. The largest absolute Gasteiger partial charge is 0.491 e. The molecule has 0 saturated heterocycles. The van der Waals surface area contributed by atoms with Gasteiger partial charge in [0.25, 0.3) is 0 Å². The first kappa shape index (κ1) is 17.6. The quantitative estimate of drug-likeness (QED) is 0.691. The number of ether oxygens (including phenoxy) is 1. The van der Waals surface area contributed by atoms with E-state index in [0.29, 0.717) is 12.3 Å². The van der Waals surface area contributed by atoms with Crippen molar-refractivity contribution in [3.63, 3.8) is 0 Å². The molecule has 0 atom stereocenters. The Kier molecular flexibility index (Phi) is 6.66. The topological polar surface area (TPSA) is 53.6 Å². The van der Waals surface area contributed by atoms with Crippen molar-refractivity contribution >= 4 is 40.0 Å². The number of likely N-dealkylation sites (N-methyl/N-ethyl adjacent to an activating group) is 1. The number of benzene rings is 2. The predicted octanol–water partition coefficient (Wildman–Crippen LogP) is 3.88. The van der Waals surface area contributed by atoms with Gasteiger partial charge < -0.3 is 20.3 Å². The SMILES string of the molecule is CN(C)CCOc1cc(NC(=O)Nc2ccccc2)ccc1I. The zero-order valence-electron chi connectivity index (χ0n) is 13.2. The normalized spacial score (nSPS) is 10.4. The number of anilines is 2. The first-order chi connectivity index (χ1) is 11.0. The molecule has 122 valence electrons. The number of urea groups is 1. The zero-order chi connectivity index (χ0) is 16.7. The molecule has 0 radical (unpaired) electrons. The highest BCUT2D eigenvalue weighted by Gasteiger charge is 2.07. The Morgan fingerprint density at radius 3 is 2.48 bits per heavy atom. The van der Waals surface area contributed by atoms with E-state index < -0.39 is 0 Å². The van der Waals surface area contributed by atoms with Crippen molar-refractivity contribution in [3.8, 4) is 5.75 Å². The van der Waals surface area contributed by atoms with E-state index in [2.05, 4.69) is 38.1 Å². The van der Waals surface area contributed by atoms with Crippen molar-refractivity contribution in [3.05, 3.63) is 52.1 Å². The standard InChI is InChI=1S/C17H20IN3O2/c1-21(2)10-11-23-16-12-14(8-9-15(16)18)20-17(22)19-13-6-4-3-5-7-13/h3-9,12H,10-11H2,1-2H3,(H2,19,20,22). The van der Waals surface area contributed by atoms with Gasteiger partial charge in [0.05, 0.1) is 3.57 Å². The highest BCUT2D eigenvalue weighted by atomic mass is 127. The molecule has 2 N–H and O–H groups in total. The molecular formula is C17H20IN3O2. The number of nitrogens with one attached hydrogen (secondary N) is 2. The van der Waals surface area contributed by atoms with Gasteiger partial charge in [0.1, 0.15) is 12.4 Å². The smallest absolute Gasteiger partial charge is 0.323 e. The van der Waals surface area contributed by atoms with Crippen LogP contribution in [0.5, 0.6) is 5.75 Å².